The van der Waals surface area contributed by atoms with Crippen LogP contribution < -0.4 is 5.32 Å². The highest BCUT2D eigenvalue weighted by Crippen LogP contribution is 2.12. The second-order valence-corrected chi connectivity index (χ2v) is 5.05. The first kappa shape index (κ1) is 12.3. The van der Waals surface area contributed by atoms with Crippen molar-refractivity contribution in [3.63, 3.8) is 0 Å². The lowest BCUT2D eigenvalue weighted by Gasteiger charge is -2.39. The molecule has 1 rings (SSSR count). The van der Waals surface area contributed by atoms with E-state index >= 15 is 0 Å². The number of thioether (sulfide) groups is 1. The van der Waals surface area contributed by atoms with Gasteiger partial charge in [-0.25, -0.2) is 0 Å². The van der Waals surface area contributed by atoms with Gasteiger partial charge in [-0.3, -0.25) is 4.90 Å². The monoisotopic (exact) mass is 216 g/mol. The van der Waals surface area contributed by atoms with Crippen molar-refractivity contribution in [1.82, 2.24) is 10.2 Å². The predicted octanol–water partition coefficient (Wildman–Crippen LogP) is 1.81. The molecule has 0 radical (unpaired) electrons. The first-order valence-electron chi connectivity index (χ1n) is 5.78. The lowest BCUT2D eigenvalue weighted by Crippen LogP contribution is -2.56. The van der Waals surface area contributed by atoms with E-state index in [0.29, 0.717) is 0 Å². The Morgan fingerprint density at radius 2 is 2.14 bits per heavy atom. The molecule has 1 aliphatic rings. The second kappa shape index (κ2) is 6.70. The van der Waals surface area contributed by atoms with Crippen molar-refractivity contribution in [3.8, 4) is 0 Å². The van der Waals surface area contributed by atoms with Gasteiger partial charge in [0.2, 0.25) is 0 Å². The van der Waals surface area contributed by atoms with Gasteiger partial charge < -0.3 is 5.32 Å². The maximum atomic E-state index is 3.63. The Morgan fingerprint density at radius 1 is 1.36 bits per heavy atom. The van der Waals surface area contributed by atoms with Gasteiger partial charge in [-0.2, -0.15) is 11.8 Å². The molecule has 1 aliphatic heterocycles. The third-order valence-corrected chi connectivity index (χ3v) is 3.75. The predicted molar refractivity (Wildman–Crippen MR) is 66.1 cm³/mol. The van der Waals surface area contributed by atoms with Gasteiger partial charge in [0.15, 0.2) is 0 Å². The summed E-state index contributed by atoms with van der Waals surface area (Å²) in [5.41, 5.74) is 0. The molecule has 1 saturated heterocycles. The van der Waals surface area contributed by atoms with Crippen LogP contribution in [0.25, 0.3) is 0 Å². The van der Waals surface area contributed by atoms with Gasteiger partial charge in [-0.05, 0) is 19.1 Å². The Balaban J connectivity index is 2.38. The first-order valence-corrected chi connectivity index (χ1v) is 7.17. The average Bonchev–Trinajstić information content (AvgIpc) is 2.25. The van der Waals surface area contributed by atoms with E-state index in [-0.39, 0.29) is 0 Å². The van der Waals surface area contributed by atoms with Gasteiger partial charge in [0.05, 0.1) is 0 Å². The normalized spacial score (nSPS) is 29.4. The molecule has 0 spiro atoms. The van der Waals surface area contributed by atoms with Crippen LogP contribution in [-0.4, -0.2) is 48.6 Å². The van der Waals surface area contributed by atoms with Crippen molar-refractivity contribution in [1.29, 1.82) is 0 Å². The lowest BCUT2D eigenvalue weighted by atomic mass is 10.1. The maximum absolute atomic E-state index is 3.63. The molecule has 14 heavy (non-hydrogen) atoms. The standard InChI is InChI=1S/C11H24N2S/c1-4-10-9-13(6-7-14-3)11(5-2)8-12-10/h10-12H,4-9H2,1-3H3. The van der Waals surface area contributed by atoms with Gasteiger partial charge in [0.25, 0.3) is 0 Å². The zero-order valence-electron chi connectivity index (χ0n) is 9.75. The molecule has 0 aromatic rings. The molecule has 0 aromatic carbocycles. The minimum absolute atomic E-state index is 0.722. The minimum atomic E-state index is 0.722. The summed E-state index contributed by atoms with van der Waals surface area (Å²) < 4.78 is 0. The van der Waals surface area contributed by atoms with Crippen LogP contribution in [0.2, 0.25) is 0 Å². The van der Waals surface area contributed by atoms with E-state index in [1.54, 1.807) is 0 Å². The second-order valence-electron chi connectivity index (χ2n) is 4.06. The summed E-state index contributed by atoms with van der Waals surface area (Å²) in [6.45, 7) is 8.26. The fourth-order valence-electron chi connectivity index (χ4n) is 2.09. The largest absolute Gasteiger partial charge is 0.311 e. The Hall–Kier alpha value is 0.270. The zero-order valence-corrected chi connectivity index (χ0v) is 10.6. The average molecular weight is 216 g/mol. The molecule has 84 valence electrons. The number of nitrogens with one attached hydrogen (secondary N) is 1. The van der Waals surface area contributed by atoms with Crippen LogP contribution in [0, 0.1) is 0 Å². The fourth-order valence-corrected chi connectivity index (χ4v) is 2.50. The highest BCUT2D eigenvalue weighted by molar-refractivity contribution is 7.98. The molecule has 0 aromatic heterocycles. The molecule has 1 N–H and O–H groups in total. The Kier molecular flexibility index (Phi) is 5.90. The highest BCUT2D eigenvalue weighted by Gasteiger charge is 2.24. The van der Waals surface area contributed by atoms with Crippen molar-refractivity contribution in [3.05, 3.63) is 0 Å². The number of hydrogen-bond donors (Lipinski definition) is 1. The Bertz CT molecular complexity index is 152. The van der Waals surface area contributed by atoms with E-state index in [2.05, 4.69) is 30.3 Å². The van der Waals surface area contributed by atoms with Gasteiger partial charge in [0.1, 0.15) is 0 Å². The van der Waals surface area contributed by atoms with Crippen molar-refractivity contribution >= 4 is 11.8 Å². The Labute approximate surface area is 92.8 Å². The summed E-state index contributed by atoms with van der Waals surface area (Å²) in [7, 11) is 0. The van der Waals surface area contributed by atoms with Crippen LogP contribution in [0.4, 0.5) is 0 Å². The summed E-state index contributed by atoms with van der Waals surface area (Å²) in [6.07, 6.45) is 4.73. The van der Waals surface area contributed by atoms with Gasteiger partial charge in [-0.15, -0.1) is 0 Å². The number of piperazine rings is 1. The molecule has 1 fully saturated rings. The first-order chi connectivity index (χ1) is 6.81. The molecule has 0 amide bonds. The summed E-state index contributed by atoms with van der Waals surface area (Å²) in [5, 5.41) is 3.63. The summed E-state index contributed by atoms with van der Waals surface area (Å²) >= 11 is 1.95. The molecule has 0 saturated carbocycles. The molecule has 2 unspecified atom stereocenters. The summed E-state index contributed by atoms with van der Waals surface area (Å²) in [5.74, 6) is 1.27. The zero-order chi connectivity index (χ0) is 10.4. The van der Waals surface area contributed by atoms with E-state index in [9.17, 15) is 0 Å². The van der Waals surface area contributed by atoms with Crippen molar-refractivity contribution in [2.45, 2.75) is 38.8 Å². The maximum Gasteiger partial charge on any atom is 0.0219 e. The third kappa shape index (κ3) is 3.44. The van der Waals surface area contributed by atoms with Crippen molar-refractivity contribution in [2.75, 3.05) is 31.6 Å². The van der Waals surface area contributed by atoms with Crippen LogP contribution in [0.5, 0.6) is 0 Å². The van der Waals surface area contributed by atoms with Crippen LogP contribution in [0.1, 0.15) is 26.7 Å². The smallest absolute Gasteiger partial charge is 0.0219 e. The van der Waals surface area contributed by atoms with Crippen molar-refractivity contribution < 1.29 is 0 Å². The van der Waals surface area contributed by atoms with Crippen LogP contribution in [0.15, 0.2) is 0 Å². The van der Waals surface area contributed by atoms with E-state index in [0.717, 1.165) is 12.1 Å². The summed E-state index contributed by atoms with van der Waals surface area (Å²) in [4.78, 5) is 2.67. The van der Waals surface area contributed by atoms with E-state index in [1.807, 2.05) is 11.8 Å². The van der Waals surface area contributed by atoms with Gasteiger partial charge in [0, 0.05) is 37.5 Å². The third-order valence-electron chi connectivity index (χ3n) is 3.16. The molecule has 3 heteroatoms. The van der Waals surface area contributed by atoms with Gasteiger partial charge >= 0.3 is 0 Å². The number of hydrogen-bond acceptors (Lipinski definition) is 3. The van der Waals surface area contributed by atoms with Crippen LogP contribution in [0.3, 0.4) is 0 Å². The highest BCUT2D eigenvalue weighted by atomic mass is 32.2. The molecule has 2 atom stereocenters. The van der Waals surface area contributed by atoms with Crippen LogP contribution in [-0.2, 0) is 0 Å². The minimum Gasteiger partial charge on any atom is -0.311 e. The van der Waals surface area contributed by atoms with E-state index in [1.165, 1.54) is 38.2 Å². The van der Waals surface area contributed by atoms with Crippen molar-refractivity contribution in [2.24, 2.45) is 0 Å². The van der Waals surface area contributed by atoms with E-state index < -0.39 is 0 Å². The Morgan fingerprint density at radius 3 is 2.71 bits per heavy atom. The topological polar surface area (TPSA) is 15.3 Å². The molecule has 1 heterocycles. The molecule has 0 aliphatic carbocycles. The van der Waals surface area contributed by atoms with Crippen LogP contribution >= 0.6 is 11.8 Å². The van der Waals surface area contributed by atoms with E-state index in [4.69, 9.17) is 0 Å². The number of rotatable bonds is 5. The summed E-state index contributed by atoms with van der Waals surface area (Å²) in [6, 6.07) is 1.49. The number of nitrogens with zero attached hydrogens (tertiary/aromatic N) is 1. The molecular weight excluding hydrogens is 192 g/mol. The lowest BCUT2D eigenvalue weighted by molar-refractivity contribution is 0.133. The molecule has 0 bridgehead atoms. The quantitative estimate of drug-likeness (QED) is 0.754. The molecule has 2 nitrogen and oxygen atoms in total. The molecular formula is C11H24N2S. The van der Waals surface area contributed by atoms with Gasteiger partial charge in [-0.1, -0.05) is 13.8 Å². The fraction of sp³-hybridized carbons (Fsp3) is 1.00. The SMILES string of the molecule is CCC1CN(CCSC)C(CC)CN1.